The van der Waals surface area contributed by atoms with E-state index in [0.717, 1.165) is 12.3 Å². The SMILES string of the molecule is CC(C)/C1=C(\C(C)C)OCc2ccccc2CN1. The molecule has 0 saturated heterocycles. The highest BCUT2D eigenvalue weighted by molar-refractivity contribution is 5.28. The van der Waals surface area contributed by atoms with Crippen molar-refractivity contribution in [1.29, 1.82) is 0 Å². The van der Waals surface area contributed by atoms with Gasteiger partial charge in [0.15, 0.2) is 0 Å². The molecule has 0 aliphatic carbocycles. The minimum Gasteiger partial charge on any atom is -0.491 e. The van der Waals surface area contributed by atoms with E-state index in [1.807, 2.05) is 0 Å². The molecular formula is C16H23NO. The van der Waals surface area contributed by atoms with E-state index < -0.39 is 0 Å². The van der Waals surface area contributed by atoms with Crippen LogP contribution in [0.1, 0.15) is 38.8 Å². The van der Waals surface area contributed by atoms with E-state index in [4.69, 9.17) is 4.74 Å². The van der Waals surface area contributed by atoms with Crippen LogP contribution in [0.4, 0.5) is 0 Å². The number of nitrogens with one attached hydrogen (secondary N) is 1. The van der Waals surface area contributed by atoms with Crippen LogP contribution in [0.2, 0.25) is 0 Å². The van der Waals surface area contributed by atoms with Gasteiger partial charge in [0.2, 0.25) is 0 Å². The van der Waals surface area contributed by atoms with Gasteiger partial charge in [0.1, 0.15) is 12.4 Å². The molecule has 0 aromatic heterocycles. The Hall–Kier alpha value is -1.44. The van der Waals surface area contributed by atoms with Gasteiger partial charge in [-0.15, -0.1) is 0 Å². The summed E-state index contributed by atoms with van der Waals surface area (Å²) < 4.78 is 6.06. The van der Waals surface area contributed by atoms with Crippen molar-refractivity contribution >= 4 is 0 Å². The Balaban J connectivity index is 2.32. The van der Waals surface area contributed by atoms with Gasteiger partial charge < -0.3 is 10.1 Å². The summed E-state index contributed by atoms with van der Waals surface area (Å²) in [6.07, 6.45) is 0. The van der Waals surface area contributed by atoms with Crippen LogP contribution in [-0.2, 0) is 17.9 Å². The number of benzene rings is 1. The van der Waals surface area contributed by atoms with Gasteiger partial charge in [0.25, 0.3) is 0 Å². The maximum atomic E-state index is 6.06. The highest BCUT2D eigenvalue weighted by Gasteiger charge is 2.18. The van der Waals surface area contributed by atoms with Gasteiger partial charge in [0.05, 0.1) is 5.70 Å². The third kappa shape index (κ3) is 2.69. The fourth-order valence-corrected chi connectivity index (χ4v) is 2.35. The van der Waals surface area contributed by atoms with E-state index in [1.54, 1.807) is 0 Å². The van der Waals surface area contributed by atoms with Gasteiger partial charge >= 0.3 is 0 Å². The average molecular weight is 245 g/mol. The first-order valence-electron chi connectivity index (χ1n) is 6.77. The van der Waals surface area contributed by atoms with Crippen LogP contribution in [0.5, 0.6) is 0 Å². The lowest BCUT2D eigenvalue weighted by molar-refractivity contribution is 0.159. The summed E-state index contributed by atoms with van der Waals surface area (Å²) in [6.45, 7) is 10.4. The summed E-state index contributed by atoms with van der Waals surface area (Å²) in [5.74, 6) is 1.99. The molecule has 98 valence electrons. The van der Waals surface area contributed by atoms with E-state index in [9.17, 15) is 0 Å². The zero-order valence-electron chi connectivity index (χ0n) is 11.8. The second-order valence-electron chi connectivity index (χ2n) is 5.50. The van der Waals surface area contributed by atoms with Gasteiger partial charge in [-0.1, -0.05) is 52.0 Å². The molecule has 2 heteroatoms. The number of hydrogen-bond donors (Lipinski definition) is 1. The Labute approximate surface area is 110 Å². The third-order valence-corrected chi connectivity index (χ3v) is 3.34. The molecule has 0 amide bonds. The Morgan fingerprint density at radius 1 is 1.00 bits per heavy atom. The van der Waals surface area contributed by atoms with E-state index in [1.165, 1.54) is 16.8 Å². The maximum Gasteiger partial charge on any atom is 0.118 e. The zero-order chi connectivity index (χ0) is 13.1. The molecule has 0 spiro atoms. The maximum absolute atomic E-state index is 6.06. The van der Waals surface area contributed by atoms with E-state index in [0.29, 0.717) is 18.4 Å². The van der Waals surface area contributed by atoms with E-state index in [2.05, 4.69) is 57.3 Å². The normalized spacial score (nSPS) is 19.9. The van der Waals surface area contributed by atoms with Crippen LogP contribution in [-0.4, -0.2) is 0 Å². The summed E-state index contributed by atoms with van der Waals surface area (Å²) in [6, 6.07) is 8.48. The second kappa shape index (κ2) is 5.47. The topological polar surface area (TPSA) is 21.3 Å². The summed E-state index contributed by atoms with van der Waals surface area (Å²) >= 11 is 0. The summed E-state index contributed by atoms with van der Waals surface area (Å²) in [7, 11) is 0. The molecule has 0 radical (unpaired) electrons. The van der Waals surface area contributed by atoms with E-state index >= 15 is 0 Å². The lowest BCUT2D eigenvalue weighted by atomic mass is 10.0. The van der Waals surface area contributed by atoms with Crippen LogP contribution in [0, 0.1) is 11.8 Å². The fraction of sp³-hybridized carbons (Fsp3) is 0.500. The molecule has 1 N–H and O–H groups in total. The molecule has 1 aromatic carbocycles. The zero-order valence-corrected chi connectivity index (χ0v) is 11.8. The second-order valence-corrected chi connectivity index (χ2v) is 5.50. The Morgan fingerprint density at radius 2 is 1.67 bits per heavy atom. The predicted octanol–water partition coefficient (Wildman–Crippen LogP) is 3.83. The van der Waals surface area contributed by atoms with Crippen molar-refractivity contribution in [3.8, 4) is 0 Å². The van der Waals surface area contributed by atoms with Crippen LogP contribution in [0.15, 0.2) is 35.7 Å². The monoisotopic (exact) mass is 245 g/mol. The molecular weight excluding hydrogens is 222 g/mol. The lowest BCUT2D eigenvalue weighted by Crippen LogP contribution is -2.24. The molecule has 18 heavy (non-hydrogen) atoms. The quantitative estimate of drug-likeness (QED) is 0.855. The molecule has 1 heterocycles. The molecule has 1 aliphatic rings. The molecule has 1 aromatic rings. The van der Waals surface area contributed by atoms with Gasteiger partial charge in [-0.3, -0.25) is 0 Å². The largest absolute Gasteiger partial charge is 0.491 e. The number of fused-ring (bicyclic) bond motifs is 1. The van der Waals surface area contributed by atoms with Crippen molar-refractivity contribution in [3.63, 3.8) is 0 Å². The summed E-state index contributed by atoms with van der Waals surface area (Å²) in [5, 5.41) is 3.56. The highest BCUT2D eigenvalue weighted by atomic mass is 16.5. The predicted molar refractivity (Wildman–Crippen MR) is 74.8 cm³/mol. The summed E-state index contributed by atoms with van der Waals surface area (Å²) in [4.78, 5) is 0. The molecule has 1 aliphatic heterocycles. The lowest BCUT2D eigenvalue weighted by Gasteiger charge is -2.26. The fourth-order valence-electron chi connectivity index (χ4n) is 2.35. The first kappa shape index (κ1) is 13.0. The van der Waals surface area contributed by atoms with Crippen molar-refractivity contribution in [2.24, 2.45) is 11.8 Å². The molecule has 0 saturated carbocycles. The highest BCUT2D eigenvalue weighted by Crippen LogP contribution is 2.25. The van der Waals surface area contributed by atoms with Crippen molar-refractivity contribution in [2.45, 2.75) is 40.8 Å². The average Bonchev–Trinajstić information content (AvgIpc) is 2.29. The van der Waals surface area contributed by atoms with Gasteiger partial charge in [0, 0.05) is 12.5 Å². The van der Waals surface area contributed by atoms with Crippen molar-refractivity contribution in [2.75, 3.05) is 0 Å². The smallest absolute Gasteiger partial charge is 0.118 e. The van der Waals surface area contributed by atoms with Crippen LogP contribution < -0.4 is 5.32 Å². The Morgan fingerprint density at radius 3 is 2.28 bits per heavy atom. The molecule has 0 bridgehead atoms. The Bertz CT molecular complexity index is 405. The number of ether oxygens (including phenoxy) is 1. The first-order chi connectivity index (χ1) is 8.59. The summed E-state index contributed by atoms with van der Waals surface area (Å²) in [5.41, 5.74) is 3.86. The molecule has 0 fully saturated rings. The molecule has 0 unspecified atom stereocenters. The molecule has 0 atom stereocenters. The molecule has 2 rings (SSSR count). The number of hydrogen-bond acceptors (Lipinski definition) is 2. The van der Waals surface area contributed by atoms with Gasteiger partial charge in [-0.25, -0.2) is 0 Å². The van der Waals surface area contributed by atoms with Crippen LogP contribution in [0.25, 0.3) is 0 Å². The van der Waals surface area contributed by atoms with Crippen LogP contribution >= 0.6 is 0 Å². The van der Waals surface area contributed by atoms with Crippen LogP contribution in [0.3, 0.4) is 0 Å². The Kier molecular flexibility index (Phi) is 3.95. The number of rotatable bonds is 2. The minimum absolute atomic E-state index is 0.417. The first-order valence-corrected chi connectivity index (χ1v) is 6.77. The van der Waals surface area contributed by atoms with Crippen molar-refractivity contribution in [1.82, 2.24) is 5.32 Å². The van der Waals surface area contributed by atoms with Crippen molar-refractivity contribution < 1.29 is 4.74 Å². The standard InChI is InChI=1S/C16H23NO/c1-11(2)15-16(12(3)4)18-10-14-8-6-5-7-13(14)9-17-15/h5-8,11-12,17H,9-10H2,1-4H3/b16-15-. The van der Waals surface area contributed by atoms with Gasteiger partial charge in [-0.2, -0.15) is 0 Å². The minimum atomic E-state index is 0.417. The van der Waals surface area contributed by atoms with E-state index in [-0.39, 0.29) is 0 Å². The number of allylic oxidation sites excluding steroid dienone is 2. The van der Waals surface area contributed by atoms with Crippen molar-refractivity contribution in [3.05, 3.63) is 46.8 Å². The third-order valence-electron chi connectivity index (χ3n) is 3.34. The molecule has 2 nitrogen and oxygen atoms in total. The van der Waals surface area contributed by atoms with Gasteiger partial charge in [-0.05, 0) is 17.0 Å².